The number of aryl methyl sites for hydroxylation is 1. The van der Waals surface area contributed by atoms with Gasteiger partial charge in [0.05, 0.1) is 11.5 Å². The van der Waals surface area contributed by atoms with Crippen LogP contribution in [0.15, 0.2) is 60.2 Å². The summed E-state index contributed by atoms with van der Waals surface area (Å²) in [5.41, 5.74) is 4.81. The zero-order chi connectivity index (χ0) is 26.8. The SMILES string of the molecule is CCCCCCCCCCCCCCOc1ccc(NC(=O)Nc2ccc(C[n+]3csc(C)c3)cc2)cc1. The molecule has 0 fully saturated rings. The van der Waals surface area contributed by atoms with E-state index in [4.69, 9.17) is 4.74 Å². The first kappa shape index (κ1) is 29.7. The number of urea groups is 1. The third-order valence-electron chi connectivity index (χ3n) is 6.68. The topological polar surface area (TPSA) is 54.2 Å². The fourth-order valence-electron chi connectivity index (χ4n) is 4.49. The number of aromatic nitrogens is 1. The molecule has 0 unspecified atom stereocenters. The molecule has 0 aliphatic carbocycles. The number of ether oxygens (including phenoxy) is 1. The molecular formula is C32H46N3O2S+. The van der Waals surface area contributed by atoms with Crippen molar-refractivity contribution < 1.29 is 14.1 Å². The zero-order valence-electron chi connectivity index (χ0n) is 23.3. The molecular weight excluding hydrogens is 490 g/mol. The average molecular weight is 537 g/mol. The zero-order valence-corrected chi connectivity index (χ0v) is 24.2. The lowest BCUT2D eigenvalue weighted by atomic mass is 10.1. The Morgan fingerprint density at radius 3 is 1.82 bits per heavy atom. The summed E-state index contributed by atoms with van der Waals surface area (Å²) in [6.45, 7) is 5.94. The van der Waals surface area contributed by atoms with Crippen LogP contribution in [-0.2, 0) is 6.54 Å². The highest BCUT2D eigenvalue weighted by molar-refractivity contribution is 7.09. The van der Waals surface area contributed by atoms with Gasteiger partial charge in [0.2, 0.25) is 5.51 Å². The van der Waals surface area contributed by atoms with Crippen LogP contribution in [0.25, 0.3) is 0 Å². The summed E-state index contributed by atoms with van der Waals surface area (Å²) in [4.78, 5) is 13.7. The molecule has 0 aliphatic rings. The van der Waals surface area contributed by atoms with E-state index >= 15 is 0 Å². The molecule has 2 amide bonds. The van der Waals surface area contributed by atoms with Crippen LogP contribution < -0.4 is 19.9 Å². The largest absolute Gasteiger partial charge is 0.494 e. The van der Waals surface area contributed by atoms with E-state index in [2.05, 4.69) is 40.8 Å². The number of carbonyl (C=O) groups excluding carboxylic acids is 1. The minimum Gasteiger partial charge on any atom is -0.494 e. The Balaban J connectivity index is 1.23. The minimum absolute atomic E-state index is 0.259. The van der Waals surface area contributed by atoms with Crippen molar-refractivity contribution in [1.29, 1.82) is 0 Å². The highest BCUT2D eigenvalue weighted by atomic mass is 32.1. The van der Waals surface area contributed by atoms with E-state index in [-0.39, 0.29) is 6.03 Å². The maximum atomic E-state index is 12.4. The predicted molar refractivity (Wildman–Crippen MR) is 160 cm³/mol. The van der Waals surface area contributed by atoms with Gasteiger partial charge in [0.15, 0.2) is 12.7 Å². The summed E-state index contributed by atoms with van der Waals surface area (Å²) < 4.78 is 8.05. The molecule has 38 heavy (non-hydrogen) atoms. The highest BCUT2D eigenvalue weighted by Gasteiger charge is 2.07. The van der Waals surface area contributed by atoms with Crippen molar-refractivity contribution in [1.82, 2.24) is 0 Å². The normalized spacial score (nSPS) is 10.9. The van der Waals surface area contributed by atoms with Gasteiger partial charge in [-0.1, -0.05) is 101 Å². The van der Waals surface area contributed by atoms with E-state index in [0.29, 0.717) is 0 Å². The summed E-state index contributed by atoms with van der Waals surface area (Å²) in [5, 5.41) is 5.78. The molecule has 3 aromatic rings. The monoisotopic (exact) mass is 536 g/mol. The standard InChI is InChI=1S/C32H45N3O2S/c1-3-4-5-6-7-8-9-10-11-12-13-14-23-37-31-21-19-30(20-22-31)34-32(36)33-29-17-15-28(16-18-29)25-35-24-27(2)38-26-35/h15-22,24,26H,3-14,23,25H2,1-2H3,(H-,33,34,36)/p+1. The molecule has 5 nitrogen and oxygen atoms in total. The van der Waals surface area contributed by atoms with E-state index in [1.54, 1.807) is 11.3 Å². The number of benzene rings is 2. The molecule has 1 heterocycles. The van der Waals surface area contributed by atoms with Gasteiger partial charge in [-0.2, -0.15) is 4.57 Å². The molecule has 0 radical (unpaired) electrons. The van der Waals surface area contributed by atoms with Gasteiger partial charge in [0.25, 0.3) is 0 Å². The van der Waals surface area contributed by atoms with Crippen molar-refractivity contribution in [2.45, 2.75) is 97.4 Å². The van der Waals surface area contributed by atoms with E-state index in [1.165, 1.54) is 81.1 Å². The van der Waals surface area contributed by atoms with Crippen LogP contribution in [0.1, 0.15) is 94.4 Å². The van der Waals surface area contributed by atoms with Crippen molar-refractivity contribution in [2.24, 2.45) is 0 Å². The Hall–Kier alpha value is -2.86. The molecule has 0 saturated heterocycles. The Kier molecular flexibility index (Phi) is 13.8. The molecule has 3 rings (SSSR count). The fraction of sp³-hybridized carbons (Fsp3) is 0.500. The lowest BCUT2D eigenvalue weighted by Crippen LogP contribution is -2.30. The predicted octanol–water partition coefficient (Wildman–Crippen LogP) is 9.12. The van der Waals surface area contributed by atoms with Crippen molar-refractivity contribution in [3.05, 3.63) is 70.7 Å². The lowest BCUT2D eigenvalue weighted by Gasteiger charge is -2.10. The van der Waals surface area contributed by atoms with Crippen LogP contribution >= 0.6 is 11.3 Å². The summed E-state index contributed by atoms with van der Waals surface area (Å²) in [5.74, 6) is 0.841. The number of nitrogens with zero attached hydrogens (tertiary/aromatic N) is 1. The average Bonchev–Trinajstić information content (AvgIpc) is 3.33. The highest BCUT2D eigenvalue weighted by Crippen LogP contribution is 2.18. The maximum absolute atomic E-state index is 12.4. The van der Waals surface area contributed by atoms with Gasteiger partial charge < -0.3 is 15.4 Å². The van der Waals surface area contributed by atoms with Crippen molar-refractivity contribution in [3.8, 4) is 5.75 Å². The van der Waals surface area contributed by atoms with Crippen LogP contribution in [0.5, 0.6) is 5.75 Å². The molecule has 0 aliphatic heterocycles. The van der Waals surface area contributed by atoms with E-state index in [1.807, 2.05) is 48.5 Å². The van der Waals surface area contributed by atoms with E-state index < -0.39 is 0 Å². The Morgan fingerprint density at radius 1 is 0.763 bits per heavy atom. The third kappa shape index (κ3) is 12.1. The lowest BCUT2D eigenvalue weighted by molar-refractivity contribution is -0.683. The number of amides is 2. The number of anilines is 2. The molecule has 0 atom stereocenters. The maximum Gasteiger partial charge on any atom is 0.323 e. The number of hydrogen-bond acceptors (Lipinski definition) is 3. The van der Waals surface area contributed by atoms with Crippen molar-refractivity contribution in [2.75, 3.05) is 17.2 Å². The number of thiazole rings is 1. The van der Waals surface area contributed by atoms with Crippen LogP contribution in [0, 0.1) is 6.92 Å². The van der Waals surface area contributed by atoms with Crippen LogP contribution in [0.4, 0.5) is 16.2 Å². The second kappa shape index (κ2) is 17.6. The Morgan fingerprint density at radius 2 is 1.29 bits per heavy atom. The first-order valence-corrected chi connectivity index (χ1v) is 15.3. The second-order valence-electron chi connectivity index (χ2n) is 10.2. The number of rotatable bonds is 18. The summed E-state index contributed by atoms with van der Waals surface area (Å²) in [7, 11) is 0. The quantitative estimate of drug-likeness (QED) is 0.126. The number of nitrogens with one attached hydrogen (secondary N) is 2. The van der Waals surface area contributed by atoms with Crippen molar-refractivity contribution >= 4 is 28.7 Å². The summed E-state index contributed by atoms with van der Waals surface area (Å²) in [6, 6.07) is 15.3. The van der Waals surface area contributed by atoms with Gasteiger partial charge in [-0.15, -0.1) is 0 Å². The van der Waals surface area contributed by atoms with Gasteiger partial charge in [-0.3, -0.25) is 0 Å². The van der Waals surface area contributed by atoms with Gasteiger partial charge >= 0.3 is 6.03 Å². The van der Waals surface area contributed by atoms with Gasteiger partial charge in [-0.05, 0) is 49.7 Å². The van der Waals surface area contributed by atoms with Gasteiger partial charge in [-0.25, -0.2) is 4.79 Å². The van der Waals surface area contributed by atoms with Crippen LogP contribution in [-0.4, -0.2) is 12.6 Å². The molecule has 206 valence electrons. The Labute approximate surface area is 233 Å². The molecule has 2 aromatic carbocycles. The smallest absolute Gasteiger partial charge is 0.323 e. The fourth-order valence-corrected chi connectivity index (χ4v) is 5.13. The molecule has 0 bridgehead atoms. The Bertz CT molecular complexity index is 1050. The molecule has 1 aromatic heterocycles. The van der Waals surface area contributed by atoms with Crippen LogP contribution in [0.2, 0.25) is 0 Å². The number of carbonyl (C=O) groups is 1. The second-order valence-corrected chi connectivity index (χ2v) is 11.3. The first-order chi connectivity index (χ1) is 18.6. The molecule has 0 spiro atoms. The van der Waals surface area contributed by atoms with Gasteiger partial charge in [0.1, 0.15) is 5.75 Å². The van der Waals surface area contributed by atoms with Gasteiger partial charge in [0, 0.05) is 16.9 Å². The molecule has 2 N–H and O–H groups in total. The van der Waals surface area contributed by atoms with Crippen LogP contribution in [0.3, 0.4) is 0 Å². The number of hydrogen-bond donors (Lipinski definition) is 2. The van der Waals surface area contributed by atoms with E-state index in [9.17, 15) is 4.79 Å². The minimum atomic E-state index is -0.259. The summed E-state index contributed by atoms with van der Waals surface area (Å²) >= 11 is 1.74. The third-order valence-corrected chi connectivity index (χ3v) is 7.53. The molecule has 0 saturated carbocycles. The summed E-state index contributed by atoms with van der Waals surface area (Å²) in [6.07, 6.45) is 18.2. The number of unbranched alkanes of at least 4 members (excludes halogenated alkanes) is 11. The first-order valence-electron chi connectivity index (χ1n) is 14.5. The van der Waals surface area contributed by atoms with Crippen molar-refractivity contribution in [3.63, 3.8) is 0 Å². The van der Waals surface area contributed by atoms with E-state index in [0.717, 1.165) is 36.7 Å². The molecule has 6 heteroatoms.